The fourth-order valence-corrected chi connectivity index (χ4v) is 5.05. The van der Waals surface area contributed by atoms with Crippen LogP contribution in [0.15, 0.2) is 46.1 Å². The lowest BCUT2D eigenvalue weighted by Gasteiger charge is -2.36. The molecule has 7 nitrogen and oxygen atoms in total. The monoisotopic (exact) mass is 383 g/mol. The van der Waals surface area contributed by atoms with Crippen LogP contribution in [0.5, 0.6) is 0 Å². The van der Waals surface area contributed by atoms with Crippen LogP contribution in [-0.4, -0.2) is 44.2 Å². The van der Waals surface area contributed by atoms with Gasteiger partial charge in [0.2, 0.25) is 5.91 Å². The van der Waals surface area contributed by atoms with Crippen molar-refractivity contribution in [1.29, 1.82) is 0 Å². The Morgan fingerprint density at radius 2 is 2.00 bits per heavy atom. The molecular weight excluding hydrogens is 358 g/mol. The van der Waals surface area contributed by atoms with Gasteiger partial charge in [-0.15, -0.1) is 0 Å². The van der Waals surface area contributed by atoms with E-state index in [0.29, 0.717) is 5.56 Å². The number of aliphatic hydroxyl groups excluding tert-OH is 1. The number of aromatic nitrogens is 2. The average molecular weight is 383 g/mol. The third kappa shape index (κ3) is 3.09. The standard InChI is InChI=1S/C21H25N3O4/c1-14-11-23(20(28)22-19(14)27)12-18(26)24-16-7-8-17(24)21(10-16,13-25)9-15-5-3-2-4-6-15/h2-6,11,16-17,25H,7-10,12-13H2,1H3,(H,22,27,28)/t16-,17+,21-/m1/s1. The molecule has 3 atom stereocenters. The van der Waals surface area contributed by atoms with Crippen LogP contribution in [0.4, 0.5) is 0 Å². The van der Waals surface area contributed by atoms with Gasteiger partial charge in [-0.25, -0.2) is 4.79 Å². The molecule has 2 saturated heterocycles. The number of H-pyrrole nitrogens is 1. The highest BCUT2D eigenvalue weighted by atomic mass is 16.3. The molecule has 0 radical (unpaired) electrons. The molecule has 0 aliphatic carbocycles. The van der Waals surface area contributed by atoms with Crippen molar-refractivity contribution >= 4 is 5.91 Å². The molecular formula is C21H25N3O4. The fourth-order valence-electron chi connectivity index (χ4n) is 5.05. The second-order valence-electron chi connectivity index (χ2n) is 8.13. The summed E-state index contributed by atoms with van der Waals surface area (Å²) in [5, 5.41) is 10.3. The highest BCUT2D eigenvalue weighted by molar-refractivity contribution is 5.77. The summed E-state index contributed by atoms with van der Waals surface area (Å²) in [6.07, 6.45) is 4.72. The second-order valence-corrected chi connectivity index (χ2v) is 8.13. The number of aryl methyl sites for hydroxylation is 1. The number of hydrogen-bond donors (Lipinski definition) is 2. The number of benzene rings is 1. The van der Waals surface area contributed by atoms with E-state index in [4.69, 9.17) is 0 Å². The Bertz CT molecular complexity index is 997. The van der Waals surface area contributed by atoms with E-state index < -0.39 is 11.2 Å². The number of fused-ring (bicyclic) bond motifs is 2. The zero-order valence-corrected chi connectivity index (χ0v) is 15.9. The molecule has 2 bridgehead atoms. The van der Waals surface area contributed by atoms with Gasteiger partial charge in [0.05, 0.1) is 6.61 Å². The zero-order valence-electron chi connectivity index (χ0n) is 15.9. The first-order valence-electron chi connectivity index (χ1n) is 9.70. The van der Waals surface area contributed by atoms with E-state index >= 15 is 0 Å². The highest BCUT2D eigenvalue weighted by Crippen LogP contribution is 2.51. The Balaban J connectivity index is 1.57. The number of rotatable bonds is 5. The maximum atomic E-state index is 13.1. The molecule has 148 valence electrons. The summed E-state index contributed by atoms with van der Waals surface area (Å²) in [5.41, 5.74) is 0.200. The molecule has 1 aromatic heterocycles. The van der Waals surface area contributed by atoms with E-state index in [1.807, 2.05) is 23.1 Å². The summed E-state index contributed by atoms with van der Waals surface area (Å²) in [5.74, 6) is -0.135. The van der Waals surface area contributed by atoms with E-state index in [-0.39, 0.29) is 36.6 Å². The SMILES string of the molecule is Cc1cn(CC(=O)N2[C@@H]3CC[C@H]2[C@](CO)(Cc2ccccc2)C3)c(=O)[nH]c1=O. The predicted octanol–water partition coefficient (Wildman–Crippen LogP) is 0.830. The lowest BCUT2D eigenvalue weighted by Crippen LogP contribution is -2.45. The molecule has 2 aromatic rings. The number of nitrogens with one attached hydrogen (secondary N) is 1. The van der Waals surface area contributed by atoms with Crippen LogP contribution in [0.2, 0.25) is 0 Å². The Labute approximate surface area is 162 Å². The van der Waals surface area contributed by atoms with Crippen LogP contribution in [0, 0.1) is 12.3 Å². The highest BCUT2D eigenvalue weighted by Gasteiger charge is 2.56. The number of aromatic amines is 1. The van der Waals surface area contributed by atoms with Gasteiger partial charge in [0.15, 0.2) is 0 Å². The van der Waals surface area contributed by atoms with Gasteiger partial charge >= 0.3 is 5.69 Å². The molecule has 2 aliphatic heterocycles. The fraction of sp³-hybridized carbons (Fsp3) is 0.476. The molecule has 1 aromatic carbocycles. The molecule has 0 spiro atoms. The maximum Gasteiger partial charge on any atom is 0.328 e. The van der Waals surface area contributed by atoms with Crippen molar-refractivity contribution in [1.82, 2.24) is 14.5 Å². The van der Waals surface area contributed by atoms with Crippen molar-refractivity contribution in [3.8, 4) is 0 Å². The van der Waals surface area contributed by atoms with Crippen molar-refractivity contribution in [3.63, 3.8) is 0 Å². The molecule has 7 heteroatoms. The van der Waals surface area contributed by atoms with Gasteiger partial charge in [0, 0.05) is 29.3 Å². The topological polar surface area (TPSA) is 95.4 Å². The van der Waals surface area contributed by atoms with Crippen molar-refractivity contribution in [2.45, 2.75) is 51.2 Å². The van der Waals surface area contributed by atoms with E-state index in [1.165, 1.54) is 10.8 Å². The van der Waals surface area contributed by atoms with E-state index in [2.05, 4.69) is 17.1 Å². The number of amides is 1. The first kappa shape index (κ1) is 18.7. The summed E-state index contributed by atoms with van der Waals surface area (Å²) in [6.45, 7) is 1.54. The third-order valence-corrected chi connectivity index (χ3v) is 6.35. The summed E-state index contributed by atoms with van der Waals surface area (Å²) >= 11 is 0. The smallest absolute Gasteiger partial charge is 0.328 e. The molecule has 0 unspecified atom stereocenters. The van der Waals surface area contributed by atoms with Crippen LogP contribution in [-0.2, 0) is 17.8 Å². The molecule has 3 heterocycles. The number of carbonyl (C=O) groups is 1. The van der Waals surface area contributed by atoms with Gasteiger partial charge in [-0.1, -0.05) is 30.3 Å². The molecule has 4 rings (SSSR count). The van der Waals surface area contributed by atoms with Crippen LogP contribution < -0.4 is 11.2 Å². The van der Waals surface area contributed by atoms with Crippen molar-refractivity contribution in [2.24, 2.45) is 5.41 Å². The summed E-state index contributed by atoms with van der Waals surface area (Å²) in [4.78, 5) is 40.8. The number of nitrogens with zero attached hydrogens (tertiary/aromatic N) is 2. The first-order valence-corrected chi connectivity index (χ1v) is 9.70. The maximum absolute atomic E-state index is 13.1. The Kier molecular flexibility index (Phi) is 4.71. The van der Waals surface area contributed by atoms with Gasteiger partial charge in [0.25, 0.3) is 5.56 Å². The molecule has 1 amide bonds. The van der Waals surface area contributed by atoms with Gasteiger partial charge in [-0.3, -0.25) is 19.1 Å². The molecule has 2 fully saturated rings. The summed E-state index contributed by atoms with van der Waals surface area (Å²) in [7, 11) is 0. The lowest BCUT2D eigenvalue weighted by atomic mass is 9.70. The first-order chi connectivity index (χ1) is 13.4. The van der Waals surface area contributed by atoms with Crippen LogP contribution in [0.1, 0.15) is 30.4 Å². The Hall–Kier alpha value is -2.67. The largest absolute Gasteiger partial charge is 0.396 e. The van der Waals surface area contributed by atoms with Gasteiger partial charge in [-0.05, 0) is 38.2 Å². The zero-order chi connectivity index (χ0) is 19.9. The summed E-state index contributed by atoms with van der Waals surface area (Å²) in [6, 6.07) is 10.1. The molecule has 0 saturated carbocycles. The van der Waals surface area contributed by atoms with E-state index in [9.17, 15) is 19.5 Å². The average Bonchev–Trinajstić information content (AvgIpc) is 3.23. The Morgan fingerprint density at radius 3 is 2.71 bits per heavy atom. The third-order valence-electron chi connectivity index (χ3n) is 6.35. The molecule has 2 N–H and O–H groups in total. The minimum Gasteiger partial charge on any atom is -0.396 e. The number of hydrogen-bond acceptors (Lipinski definition) is 4. The second kappa shape index (κ2) is 7.05. The van der Waals surface area contributed by atoms with Crippen LogP contribution in [0.25, 0.3) is 0 Å². The predicted molar refractivity (Wildman–Crippen MR) is 104 cm³/mol. The van der Waals surface area contributed by atoms with Crippen LogP contribution >= 0.6 is 0 Å². The van der Waals surface area contributed by atoms with Crippen molar-refractivity contribution in [2.75, 3.05) is 6.61 Å². The lowest BCUT2D eigenvalue weighted by molar-refractivity contribution is -0.134. The van der Waals surface area contributed by atoms with Gasteiger partial charge in [0.1, 0.15) is 6.54 Å². The van der Waals surface area contributed by atoms with E-state index in [1.54, 1.807) is 6.92 Å². The molecule has 2 aliphatic rings. The normalized spacial score (nSPS) is 26.0. The minimum atomic E-state index is -0.576. The molecule has 28 heavy (non-hydrogen) atoms. The van der Waals surface area contributed by atoms with E-state index in [0.717, 1.165) is 31.2 Å². The minimum absolute atomic E-state index is 0.0323. The number of carbonyl (C=O) groups excluding carboxylic acids is 1. The van der Waals surface area contributed by atoms with Crippen LogP contribution in [0.3, 0.4) is 0 Å². The summed E-state index contributed by atoms with van der Waals surface area (Å²) < 4.78 is 1.26. The quantitative estimate of drug-likeness (QED) is 0.799. The Morgan fingerprint density at radius 1 is 1.25 bits per heavy atom. The van der Waals surface area contributed by atoms with Crippen molar-refractivity contribution in [3.05, 3.63) is 68.5 Å². The number of aliphatic hydroxyl groups is 1. The van der Waals surface area contributed by atoms with Gasteiger partial charge < -0.3 is 10.0 Å². The van der Waals surface area contributed by atoms with Crippen molar-refractivity contribution < 1.29 is 9.90 Å². The van der Waals surface area contributed by atoms with Gasteiger partial charge in [-0.2, -0.15) is 0 Å².